The highest BCUT2D eigenvalue weighted by Crippen LogP contribution is 2.18. The Balaban J connectivity index is 1.66. The van der Waals surface area contributed by atoms with Crippen LogP contribution in [0.3, 0.4) is 0 Å². The Hall–Kier alpha value is -1.85. The van der Waals surface area contributed by atoms with Crippen molar-refractivity contribution in [2.24, 2.45) is 0 Å². The van der Waals surface area contributed by atoms with Crippen LogP contribution in [0, 0.1) is 0 Å². The van der Waals surface area contributed by atoms with Gasteiger partial charge in [0.2, 0.25) is 5.91 Å². The fraction of sp³-hybridized carbons (Fsp3) is 0.400. The number of amides is 1. The van der Waals surface area contributed by atoms with Crippen molar-refractivity contribution < 1.29 is 14.6 Å². The molecule has 1 aliphatic heterocycles. The van der Waals surface area contributed by atoms with E-state index in [2.05, 4.69) is 10.3 Å². The molecular formula is C15H18N2O3. The third-order valence-electron chi connectivity index (χ3n) is 3.70. The quantitative estimate of drug-likeness (QED) is 0.781. The molecule has 0 spiro atoms. The average Bonchev–Trinajstić information content (AvgIpc) is 2.85. The number of H-pyrrole nitrogens is 1. The van der Waals surface area contributed by atoms with E-state index in [9.17, 15) is 9.90 Å². The van der Waals surface area contributed by atoms with Crippen LogP contribution in [0.5, 0.6) is 0 Å². The van der Waals surface area contributed by atoms with Gasteiger partial charge in [-0.05, 0) is 18.1 Å². The highest BCUT2D eigenvalue weighted by atomic mass is 16.5. The highest BCUT2D eigenvalue weighted by Gasteiger charge is 2.25. The molecule has 3 N–H and O–H groups in total. The molecule has 20 heavy (non-hydrogen) atoms. The zero-order valence-electron chi connectivity index (χ0n) is 11.1. The van der Waals surface area contributed by atoms with Gasteiger partial charge >= 0.3 is 0 Å². The smallest absolute Gasteiger partial charge is 0.224 e. The predicted molar refractivity (Wildman–Crippen MR) is 75.4 cm³/mol. The molecule has 0 saturated carbocycles. The number of para-hydroxylation sites is 1. The van der Waals surface area contributed by atoms with Gasteiger partial charge in [-0.15, -0.1) is 0 Å². The van der Waals surface area contributed by atoms with Gasteiger partial charge in [-0.25, -0.2) is 0 Å². The van der Waals surface area contributed by atoms with E-state index in [4.69, 9.17) is 4.74 Å². The predicted octanol–water partition coefficient (Wildman–Crippen LogP) is 0.976. The molecule has 1 aromatic carbocycles. The van der Waals surface area contributed by atoms with Crippen LogP contribution in [-0.4, -0.2) is 41.4 Å². The maximum Gasteiger partial charge on any atom is 0.224 e. The second-order valence-corrected chi connectivity index (χ2v) is 5.14. The lowest BCUT2D eigenvalue weighted by molar-refractivity contribution is -0.123. The summed E-state index contributed by atoms with van der Waals surface area (Å²) in [6.45, 7) is 0.868. The van der Waals surface area contributed by atoms with Gasteiger partial charge in [0.05, 0.1) is 25.2 Å². The van der Waals surface area contributed by atoms with Crippen LogP contribution in [0.1, 0.15) is 12.0 Å². The molecule has 2 heterocycles. The first-order valence-corrected chi connectivity index (χ1v) is 6.84. The number of ether oxygens (including phenoxy) is 1. The summed E-state index contributed by atoms with van der Waals surface area (Å²) in [7, 11) is 0. The Bertz CT molecular complexity index is 608. The second-order valence-electron chi connectivity index (χ2n) is 5.14. The maximum absolute atomic E-state index is 12.1. The minimum Gasteiger partial charge on any atom is -0.389 e. The Morgan fingerprint density at radius 3 is 3.15 bits per heavy atom. The van der Waals surface area contributed by atoms with Crippen molar-refractivity contribution in [2.45, 2.75) is 25.0 Å². The molecule has 0 bridgehead atoms. The summed E-state index contributed by atoms with van der Waals surface area (Å²) in [5, 5.41) is 13.7. The summed E-state index contributed by atoms with van der Waals surface area (Å²) in [4.78, 5) is 15.2. The Labute approximate surface area is 116 Å². The third kappa shape index (κ3) is 2.69. The van der Waals surface area contributed by atoms with Crippen molar-refractivity contribution in [2.75, 3.05) is 13.2 Å². The molecule has 0 radical (unpaired) electrons. The van der Waals surface area contributed by atoms with Crippen LogP contribution in [0.2, 0.25) is 0 Å². The van der Waals surface area contributed by atoms with E-state index in [1.807, 2.05) is 30.5 Å². The highest BCUT2D eigenvalue weighted by molar-refractivity contribution is 5.88. The van der Waals surface area contributed by atoms with Gasteiger partial charge in [-0.2, -0.15) is 0 Å². The molecule has 2 atom stereocenters. The number of aromatic nitrogens is 1. The molecule has 2 aromatic rings. The van der Waals surface area contributed by atoms with Crippen LogP contribution >= 0.6 is 0 Å². The molecule has 0 unspecified atom stereocenters. The van der Waals surface area contributed by atoms with Crippen LogP contribution in [-0.2, 0) is 16.0 Å². The van der Waals surface area contributed by atoms with E-state index in [0.717, 1.165) is 16.5 Å². The Kier molecular flexibility index (Phi) is 3.71. The summed E-state index contributed by atoms with van der Waals surface area (Å²) < 4.78 is 5.15. The minimum atomic E-state index is -0.615. The maximum atomic E-state index is 12.1. The number of nitrogens with one attached hydrogen (secondary N) is 2. The standard InChI is InChI=1S/C15H18N2O3/c18-14-9-20-6-5-13(14)17-15(19)7-10-8-16-12-4-2-1-3-11(10)12/h1-4,8,13-14,16,18H,5-7,9H2,(H,17,19)/t13-,14-/m1/s1. The van der Waals surface area contributed by atoms with Gasteiger partial charge in [0, 0.05) is 23.7 Å². The zero-order chi connectivity index (χ0) is 13.9. The van der Waals surface area contributed by atoms with E-state index in [1.54, 1.807) is 0 Å². The molecule has 106 valence electrons. The molecule has 1 aromatic heterocycles. The minimum absolute atomic E-state index is 0.0688. The SMILES string of the molecule is O=C(Cc1c[nH]c2ccccc12)N[C@@H]1CCOC[C@H]1O. The van der Waals surface area contributed by atoms with Crippen molar-refractivity contribution >= 4 is 16.8 Å². The molecule has 3 rings (SSSR count). The summed E-state index contributed by atoms with van der Waals surface area (Å²) in [6, 6.07) is 7.69. The van der Waals surface area contributed by atoms with Crippen LogP contribution in [0.15, 0.2) is 30.5 Å². The lowest BCUT2D eigenvalue weighted by Crippen LogP contribution is -2.49. The number of aliphatic hydroxyl groups is 1. The Morgan fingerprint density at radius 1 is 1.45 bits per heavy atom. The molecule has 1 aliphatic rings. The van der Waals surface area contributed by atoms with Gasteiger partial charge in [0.1, 0.15) is 0 Å². The number of carbonyl (C=O) groups excluding carboxylic acids is 1. The first-order valence-electron chi connectivity index (χ1n) is 6.84. The topological polar surface area (TPSA) is 74.4 Å². The van der Waals surface area contributed by atoms with Gasteiger partial charge in [0.25, 0.3) is 0 Å². The number of hydrogen-bond acceptors (Lipinski definition) is 3. The van der Waals surface area contributed by atoms with E-state index in [1.165, 1.54) is 0 Å². The van der Waals surface area contributed by atoms with Crippen molar-refractivity contribution in [3.05, 3.63) is 36.0 Å². The molecule has 1 saturated heterocycles. The van der Waals surface area contributed by atoms with Crippen molar-refractivity contribution in [3.8, 4) is 0 Å². The van der Waals surface area contributed by atoms with E-state index < -0.39 is 6.10 Å². The number of carbonyl (C=O) groups is 1. The number of fused-ring (bicyclic) bond motifs is 1. The van der Waals surface area contributed by atoms with Crippen molar-refractivity contribution in [1.29, 1.82) is 0 Å². The summed E-state index contributed by atoms with van der Waals surface area (Å²) in [5.74, 6) is -0.0688. The van der Waals surface area contributed by atoms with Crippen molar-refractivity contribution in [3.63, 3.8) is 0 Å². The lowest BCUT2D eigenvalue weighted by Gasteiger charge is -2.28. The Morgan fingerprint density at radius 2 is 2.30 bits per heavy atom. The number of aliphatic hydroxyl groups excluding tert-OH is 1. The van der Waals surface area contributed by atoms with Gasteiger partial charge < -0.3 is 20.1 Å². The van der Waals surface area contributed by atoms with Crippen LogP contribution in [0.4, 0.5) is 0 Å². The number of aromatic amines is 1. The fourth-order valence-electron chi connectivity index (χ4n) is 2.60. The number of hydrogen-bond donors (Lipinski definition) is 3. The normalized spacial score (nSPS) is 22.9. The van der Waals surface area contributed by atoms with Gasteiger partial charge in [0.15, 0.2) is 0 Å². The summed E-state index contributed by atoms with van der Waals surface area (Å²) in [6.07, 6.45) is 2.22. The van der Waals surface area contributed by atoms with Crippen LogP contribution < -0.4 is 5.32 Å². The first-order chi connectivity index (χ1) is 9.74. The molecule has 5 heteroatoms. The molecule has 5 nitrogen and oxygen atoms in total. The van der Waals surface area contributed by atoms with E-state index >= 15 is 0 Å². The second kappa shape index (κ2) is 5.64. The van der Waals surface area contributed by atoms with Crippen molar-refractivity contribution in [1.82, 2.24) is 10.3 Å². The first kappa shape index (κ1) is 13.1. The average molecular weight is 274 g/mol. The zero-order valence-corrected chi connectivity index (χ0v) is 11.1. The largest absolute Gasteiger partial charge is 0.389 e. The van der Waals surface area contributed by atoms with Crippen LogP contribution in [0.25, 0.3) is 10.9 Å². The van der Waals surface area contributed by atoms with Gasteiger partial charge in [-0.1, -0.05) is 18.2 Å². The fourth-order valence-corrected chi connectivity index (χ4v) is 2.60. The van der Waals surface area contributed by atoms with E-state index in [-0.39, 0.29) is 18.6 Å². The summed E-state index contributed by atoms with van der Waals surface area (Å²) in [5.41, 5.74) is 2.00. The molecule has 1 fully saturated rings. The molecular weight excluding hydrogens is 256 g/mol. The van der Waals surface area contributed by atoms with Gasteiger partial charge in [-0.3, -0.25) is 4.79 Å². The molecule has 1 amide bonds. The number of benzene rings is 1. The molecule has 0 aliphatic carbocycles. The van der Waals surface area contributed by atoms with E-state index in [0.29, 0.717) is 19.4 Å². The summed E-state index contributed by atoms with van der Waals surface area (Å²) >= 11 is 0. The number of rotatable bonds is 3. The monoisotopic (exact) mass is 274 g/mol. The lowest BCUT2D eigenvalue weighted by atomic mass is 10.1. The third-order valence-corrected chi connectivity index (χ3v) is 3.70.